The van der Waals surface area contributed by atoms with E-state index in [4.69, 9.17) is 4.74 Å². The normalized spacial score (nSPS) is 11.5. The molecule has 0 amide bonds. The first-order valence-corrected chi connectivity index (χ1v) is 9.32. The molecule has 0 N–H and O–H groups in total. The van der Waals surface area contributed by atoms with Crippen LogP contribution >= 0.6 is 0 Å². The third kappa shape index (κ3) is 5.23. The molecule has 0 saturated carbocycles. The lowest BCUT2D eigenvalue weighted by Crippen LogP contribution is -2.14. The zero-order chi connectivity index (χ0) is 20.6. The van der Waals surface area contributed by atoms with E-state index in [0.717, 1.165) is 16.7 Å². The Labute approximate surface area is 169 Å². The fourth-order valence-corrected chi connectivity index (χ4v) is 2.94. The fraction of sp³-hybridized carbons (Fsp3) is 0.167. The van der Waals surface area contributed by atoms with E-state index in [-0.39, 0.29) is 24.9 Å². The van der Waals surface area contributed by atoms with Crippen molar-refractivity contribution in [2.45, 2.75) is 26.0 Å². The lowest BCUT2D eigenvalue weighted by molar-refractivity contribution is -0.146. The number of carbonyl (C=O) groups is 2. The summed E-state index contributed by atoms with van der Waals surface area (Å²) in [5.41, 5.74) is 3.50. The summed E-state index contributed by atoms with van der Waals surface area (Å²) in [5, 5.41) is 2.85. The molecule has 0 aliphatic rings. The number of benzene rings is 3. The van der Waals surface area contributed by atoms with Gasteiger partial charge in [0.1, 0.15) is 13.2 Å². The molecule has 0 fully saturated rings. The molecule has 29 heavy (non-hydrogen) atoms. The highest BCUT2D eigenvalue weighted by molar-refractivity contribution is 6.09. The van der Waals surface area contributed by atoms with Crippen LogP contribution in [0.25, 0.3) is 0 Å². The van der Waals surface area contributed by atoms with Gasteiger partial charge in [0.15, 0.2) is 5.78 Å². The maximum atomic E-state index is 12.6. The van der Waals surface area contributed by atoms with Crippen LogP contribution in [0.5, 0.6) is 0 Å². The Bertz CT molecular complexity index is 997. The molecule has 0 spiro atoms. The van der Waals surface area contributed by atoms with Crippen molar-refractivity contribution >= 4 is 11.8 Å². The number of ketones is 1. The number of nitrogens with zero attached hydrogens (tertiary/aromatic N) is 1. The number of esters is 1. The summed E-state index contributed by atoms with van der Waals surface area (Å²) in [6.07, 6.45) is 0. The van der Waals surface area contributed by atoms with Crippen LogP contribution in [0, 0.1) is 4.91 Å². The molecule has 0 heterocycles. The fourth-order valence-electron chi connectivity index (χ4n) is 2.94. The predicted octanol–water partition coefficient (Wildman–Crippen LogP) is 5.03. The summed E-state index contributed by atoms with van der Waals surface area (Å²) in [7, 11) is 0. The number of nitroso groups, excluding NO2 is 1. The van der Waals surface area contributed by atoms with Gasteiger partial charge in [0, 0.05) is 11.1 Å². The second-order valence-corrected chi connectivity index (χ2v) is 6.75. The van der Waals surface area contributed by atoms with Gasteiger partial charge in [0.25, 0.3) is 0 Å². The van der Waals surface area contributed by atoms with Crippen LogP contribution in [-0.2, 0) is 22.7 Å². The van der Waals surface area contributed by atoms with Crippen LogP contribution in [0.2, 0.25) is 0 Å². The molecule has 0 radical (unpaired) electrons. The molecule has 0 saturated heterocycles. The topological polar surface area (TPSA) is 72.8 Å². The first-order valence-electron chi connectivity index (χ1n) is 9.32. The van der Waals surface area contributed by atoms with Crippen LogP contribution in [0.4, 0.5) is 0 Å². The van der Waals surface area contributed by atoms with Crippen LogP contribution in [-0.4, -0.2) is 11.8 Å². The average molecular weight is 387 g/mol. The molecule has 1 unspecified atom stereocenters. The third-order valence-electron chi connectivity index (χ3n) is 4.69. The van der Waals surface area contributed by atoms with Crippen LogP contribution in [0.1, 0.15) is 45.5 Å². The monoisotopic (exact) mass is 387 g/mol. The number of rotatable bonds is 8. The summed E-state index contributed by atoms with van der Waals surface area (Å²) >= 11 is 0. The number of hydrogen-bond donors (Lipinski definition) is 0. The van der Waals surface area contributed by atoms with E-state index < -0.39 is 5.92 Å². The standard InChI is InChI=1S/C24H21NO4/c1-17(24(27)29-16-19-12-10-18(11-13-19)15-25-28)21-8-5-9-22(14-21)23(26)20-6-3-2-4-7-20/h2-14,17H,15-16H2,1H3. The first kappa shape index (κ1) is 20.1. The summed E-state index contributed by atoms with van der Waals surface area (Å²) in [4.78, 5) is 35.4. The van der Waals surface area contributed by atoms with Gasteiger partial charge in [-0.25, -0.2) is 0 Å². The van der Waals surface area contributed by atoms with Gasteiger partial charge in [0.05, 0.1) is 5.92 Å². The van der Waals surface area contributed by atoms with E-state index in [1.54, 1.807) is 61.5 Å². The molecule has 5 heteroatoms. The maximum Gasteiger partial charge on any atom is 0.313 e. The molecule has 0 aliphatic heterocycles. The number of ether oxygens (including phenoxy) is 1. The largest absolute Gasteiger partial charge is 0.460 e. The Balaban J connectivity index is 1.65. The summed E-state index contributed by atoms with van der Waals surface area (Å²) < 4.78 is 5.42. The summed E-state index contributed by atoms with van der Waals surface area (Å²) in [6, 6.07) is 23.3. The van der Waals surface area contributed by atoms with E-state index >= 15 is 0 Å². The Hall–Kier alpha value is -3.60. The zero-order valence-electron chi connectivity index (χ0n) is 16.1. The van der Waals surface area contributed by atoms with Crippen molar-refractivity contribution < 1.29 is 14.3 Å². The van der Waals surface area contributed by atoms with Crippen LogP contribution in [0.3, 0.4) is 0 Å². The molecule has 1 atom stereocenters. The van der Waals surface area contributed by atoms with E-state index in [1.807, 2.05) is 24.3 Å². The van der Waals surface area contributed by atoms with E-state index in [1.165, 1.54) is 0 Å². The SMILES string of the molecule is CC(C(=O)OCc1ccc(CN=O)cc1)c1cccc(C(=O)c2ccccc2)c1. The maximum absolute atomic E-state index is 12.6. The first-order chi connectivity index (χ1) is 14.1. The van der Waals surface area contributed by atoms with Crippen molar-refractivity contribution in [3.05, 3.63) is 112 Å². The smallest absolute Gasteiger partial charge is 0.313 e. The zero-order valence-corrected chi connectivity index (χ0v) is 16.1. The van der Waals surface area contributed by atoms with Gasteiger partial charge in [-0.05, 0) is 29.7 Å². The highest BCUT2D eigenvalue weighted by Crippen LogP contribution is 2.21. The summed E-state index contributed by atoms with van der Waals surface area (Å²) in [6.45, 7) is 2.02. The van der Waals surface area contributed by atoms with Crippen molar-refractivity contribution in [2.75, 3.05) is 0 Å². The number of hydrogen-bond acceptors (Lipinski definition) is 5. The van der Waals surface area contributed by atoms with Gasteiger partial charge in [-0.3, -0.25) is 9.59 Å². The van der Waals surface area contributed by atoms with Crippen molar-refractivity contribution in [3.63, 3.8) is 0 Å². The Kier molecular flexibility index (Phi) is 6.63. The van der Waals surface area contributed by atoms with E-state index in [9.17, 15) is 14.5 Å². The molecule has 3 aromatic rings. The van der Waals surface area contributed by atoms with E-state index in [0.29, 0.717) is 11.1 Å². The lowest BCUT2D eigenvalue weighted by atomic mass is 9.96. The minimum absolute atomic E-state index is 0.0853. The molecule has 3 rings (SSSR count). The lowest BCUT2D eigenvalue weighted by Gasteiger charge is -2.13. The molecule has 0 aliphatic carbocycles. The Morgan fingerprint density at radius 3 is 2.21 bits per heavy atom. The van der Waals surface area contributed by atoms with Crippen molar-refractivity contribution in [3.8, 4) is 0 Å². The highest BCUT2D eigenvalue weighted by Gasteiger charge is 2.19. The summed E-state index contributed by atoms with van der Waals surface area (Å²) in [5.74, 6) is -0.956. The minimum atomic E-state index is -0.503. The van der Waals surface area contributed by atoms with Gasteiger partial charge in [0.2, 0.25) is 0 Å². The molecule has 146 valence electrons. The van der Waals surface area contributed by atoms with Crippen LogP contribution < -0.4 is 0 Å². The van der Waals surface area contributed by atoms with Gasteiger partial charge < -0.3 is 4.74 Å². The molecule has 0 bridgehead atoms. The Morgan fingerprint density at radius 1 is 0.862 bits per heavy atom. The molecule has 5 nitrogen and oxygen atoms in total. The Morgan fingerprint density at radius 2 is 1.52 bits per heavy atom. The van der Waals surface area contributed by atoms with Crippen LogP contribution in [0.15, 0.2) is 84.0 Å². The minimum Gasteiger partial charge on any atom is -0.460 e. The molecule has 3 aromatic carbocycles. The van der Waals surface area contributed by atoms with Gasteiger partial charge in [-0.2, -0.15) is 4.91 Å². The predicted molar refractivity (Wildman–Crippen MR) is 110 cm³/mol. The van der Waals surface area contributed by atoms with Crippen molar-refractivity contribution in [1.29, 1.82) is 0 Å². The highest BCUT2D eigenvalue weighted by atomic mass is 16.5. The van der Waals surface area contributed by atoms with Crippen molar-refractivity contribution in [2.24, 2.45) is 5.18 Å². The third-order valence-corrected chi connectivity index (χ3v) is 4.69. The van der Waals surface area contributed by atoms with Gasteiger partial charge in [-0.15, -0.1) is 0 Å². The second kappa shape index (κ2) is 9.55. The van der Waals surface area contributed by atoms with Gasteiger partial charge >= 0.3 is 5.97 Å². The number of carbonyl (C=O) groups excluding carboxylic acids is 2. The second-order valence-electron chi connectivity index (χ2n) is 6.75. The molecular weight excluding hydrogens is 366 g/mol. The average Bonchev–Trinajstić information content (AvgIpc) is 2.78. The molecular formula is C24H21NO4. The van der Waals surface area contributed by atoms with Crippen molar-refractivity contribution in [1.82, 2.24) is 0 Å². The molecule has 0 aromatic heterocycles. The van der Waals surface area contributed by atoms with Gasteiger partial charge in [-0.1, -0.05) is 78.0 Å². The quantitative estimate of drug-likeness (QED) is 0.309. The van der Waals surface area contributed by atoms with E-state index in [2.05, 4.69) is 5.18 Å².